The fourth-order valence-electron chi connectivity index (χ4n) is 2.78. The molecule has 0 N–H and O–H groups in total. The molecule has 2 aromatic carbocycles. The van der Waals surface area contributed by atoms with Crippen molar-refractivity contribution in [2.24, 2.45) is 5.41 Å². The van der Waals surface area contributed by atoms with E-state index in [-0.39, 0.29) is 5.97 Å². The van der Waals surface area contributed by atoms with Gasteiger partial charge in [-0.1, -0.05) is 12.1 Å². The summed E-state index contributed by atoms with van der Waals surface area (Å²) in [6.07, 6.45) is 0. The summed E-state index contributed by atoms with van der Waals surface area (Å²) in [6.45, 7) is 14.8. The van der Waals surface area contributed by atoms with Crippen molar-refractivity contribution >= 4 is 11.9 Å². The first-order valence-electron chi connectivity index (χ1n) is 9.05. The molecule has 0 unspecified atom stereocenters. The van der Waals surface area contributed by atoms with Crippen LogP contribution >= 0.6 is 0 Å². The van der Waals surface area contributed by atoms with Crippen LogP contribution in [0.4, 0.5) is 0 Å². The van der Waals surface area contributed by atoms with Gasteiger partial charge in [0, 0.05) is 18.1 Å². The molecule has 4 nitrogen and oxygen atoms in total. The third-order valence-electron chi connectivity index (χ3n) is 4.71. The second-order valence-electron chi connectivity index (χ2n) is 7.99. The first-order chi connectivity index (χ1) is 12.4. The Labute approximate surface area is 161 Å². The molecular weight excluding hydrogens is 340 g/mol. The second-order valence-corrected chi connectivity index (χ2v) is 7.99. The van der Waals surface area contributed by atoms with E-state index >= 15 is 0 Å². The summed E-state index contributed by atoms with van der Waals surface area (Å²) in [5.74, 6) is 0.233. The summed E-state index contributed by atoms with van der Waals surface area (Å²) in [5.41, 5.74) is 5.03. The third kappa shape index (κ3) is 4.38. The molecule has 0 amide bonds. The highest BCUT2D eigenvalue weighted by Gasteiger charge is 2.27. The molecule has 0 saturated heterocycles. The molecule has 0 bridgehead atoms. The minimum Gasteiger partial charge on any atom is -0.426 e. The minimum atomic E-state index is -0.629. The number of carbonyl (C=O) groups excluding carboxylic acids is 2. The van der Waals surface area contributed by atoms with E-state index in [1.807, 2.05) is 60.6 Å². The fraction of sp³-hybridized carbons (Fsp3) is 0.391. The zero-order chi connectivity index (χ0) is 20.5. The normalized spacial score (nSPS) is 11.3. The fourth-order valence-corrected chi connectivity index (χ4v) is 2.78. The molecule has 144 valence electrons. The maximum atomic E-state index is 12.5. The molecule has 0 aliphatic carbocycles. The van der Waals surface area contributed by atoms with Crippen molar-refractivity contribution in [3.8, 4) is 22.6 Å². The van der Waals surface area contributed by atoms with Gasteiger partial charge in [0.2, 0.25) is 0 Å². The zero-order valence-corrected chi connectivity index (χ0v) is 17.4. The Hall–Kier alpha value is -2.62. The maximum absolute atomic E-state index is 12.5. The van der Waals surface area contributed by atoms with Crippen LogP contribution in [0.2, 0.25) is 0 Å². The summed E-state index contributed by atoms with van der Waals surface area (Å²) >= 11 is 0. The van der Waals surface area contributed by atoms with Crippen LogP contribution < -0.4 is 9.47 Å². The molecule has 0 heterocycles. The molecule has 0 radical (unpaired) electrons. The van der Waals surface area contributed by atoms with Crippen molar-refractivity contribution in [3.05, 3.63) is 46.5 Å². The quantitative estimate of drug-likeness (QED) is 0.533. The van der Waals surface area contributed by atoms with Crippen molar-refractivity contribution in [1.82, 2.24) is 0 Å². The first kappa shape index (κ1) is 20.7. The van der Waals surface area contributed by atoms with Gasteiger partial charge in [0.1, 0.15) is 11.5 Å². The number of rotatable bonds is 3. The topological polar surface area (TPSA) is 52.6 Å². The Kier molecular flexibility index (Phi) is 5.79. The van der Waals surface area contributed by atoms with Crippen LogP contribution in [0, 0.1) is 33.1 Å². The third-order valence-corrected chi connectivity index (χ3v) is 4.71. The number of aryl methyl sites for hydroxylation is 2. The van der Waals surface area contributed by atoms with E-state index in [4.69, 9.17) is 9.47 Å². The standard InChI is InChI=1S/C23H28O4/c1-13-9-11-18(26-17(5)24)20(15(13)3)21-16(4)14(2)10-12-19(21)27-22(25)23(6,7)8/h9-12H,1-8H3. The van der Waals surface area contributed by atoms with Crippen molar-refractivity contribution in [2.45, 2.75) is 55.4 Å². The first-order valence-corrected chi connectivity index (χ1v) is 9.05. The van der Waals surface area contributed by atoms with Crippen LogP contribution in [0.25, 0.3) is 11.1 Å². The van der Waals surface area contributed by atoms with Gasteiger partial charge in [-0.15, -0.1) is 0 Å². The molecule has 0 spiro atoms. The summed E-state index contributed by atoms with van der Waals surface area (Å²) in [6, 6.07) is 7.45. The molecule has 0 aliphatic heterocycles. The average Bonchev–Trinajstić information content (AvgIpc) is 2.55. The van der Waals surface area contributed by atoms with E-state index in [9.17, 15) is 9.59 Å². The Morgan fingerprint density at radius 2 is 1.15 bits per heavy atom. The van der Waals surface area contributed by atoms with E-state index in [0.29, 0.717) is 11.5 Å². The molecule has 0 saturated carbocycles. The molecule has 0 atom stereocenters. The highest BCUT2D eigenvalue weighted by atomic mass is 16.5. The van der Waals surface area contributed by atoms with Gasteiger partial charge in [-0.2, -0.15) is 0 Å². The van der Waals surface area contributed by atoms with Crippen LogP contribution in [0.3, 0.4) is 0 Å². The Morgan fingerprint density at radius 3 is 1.52 bits per heavy atom. The van der Waals surface area contributed by atoms with E-state index in [1.54, 1.807) is 12.1 Å². The van der Waals surface area contributed by atoms with E-state index in [0.717, 1.165) is 33.4 Å². The van der Waals surface area contributed by atoms with Gasteiger partial charge in [-0.3, -0.25) is 9.59 Å². The van der Waals surface area contributed by atoms with Gasteiger partial charge in [0.05, 0.1) is 5.41 Å². The van der Waals surface area contributed by atoms with E-state index in [2.05, 4.69) is 0 Å². The summed E-state index contributed by atoms with van der Waals surface area (Å²) in [7, 11) is 0. The predicted molar refractivity (Wildman–Crippen MR) is 107 cm³/mol. The van der Waals surface area contributed by atoms with E-state index < -0.39 is 11.4 Å². The number of hydrogen-bond donors (Lipinski definition) is 0. The molecule has 4 heteroatoms. The molecule has 2 aromatic rings. The van der Waals surface area contributed by atoms with Gasteiger partial charge in [0.15, 0.2) is 0 Å². The van der Waals surface area contributed by atoms with Crippen molar-refractivity contribution in [3.63, 3.8) is 0 Å². The van der Waals surface area contributed by atoms with Gasteiger partial charge in [0.25, 0.3) is 0 Å². The van der Waals surface area contributed by atoms with Crippen LogP contribution in [-0.4, -0.2) is 11.9 Å². The van der Waals surface area contributed by atoms with E-state index in [1.165, 1.54) is 6.92 Å². The monoisotopic (exact) mass is 368 g/mol. The number of esters is 2. The van der Waals surface area contributed by atoms with Crippen LogP contribution in [0.5, 0.6) is 11.5 Å². The summed E-state index contributed by atoms with van der Waals surface area (Å²) in [4.78, 5) is 24.2. The summed E-state index contributed by atoms with van der Waals surface area (Å²) in [5, 5.41) is 0. The number of ether oxygens (including phenoxy) is 2. The molecular formula is C23H28O4. The Morgan fingerprint density at radius 1 is 0.741 bits per heavy atom. The van der Waals surface area contributed by atoms with Crippen molar-refractivity contribution in [2.75, 3.05) is 0 Å². The molecule has 2 rings (SSSR count). The van der Waals surface area contributed by atoms with Crippen LogP contribution in [0.15, 0.2) is 24.3 Å². The second kappa shape index (κ2) is 7.55. The zero-order valence-electron chi connectivity index (χ0n) is 17.4. The van der Waals surface area contributed by atoms with Crippen LogP contribution in [0.1, 0.15) is 49.9 Å². The predicted octanol–water partition coefficient (Wildman–Crippen LogP) is 5.46. The SMILES string of the molecule is CC(=O)Oc1ccc(C)c(C)c1-c1c(OC(=O)C(C)(C)C)ccc(C)c1C. The van der Waals surface area contributed by atoms with Crippen molar-refractivity contribution < 1.29 is 19.1 Å². The van der Waals surface area contributed by atoms with Gasteiger partial charge >= 0.3 is 11.9 Å². The highest BCUT2D eigenvalue weighted by molar-refractivity contribution is 5.87. The van der Waals surface area contributed by atoms with Gasteiger partial charge in [-0.05, 0) is 82.9 Å². The lowest BCUT2D eigenvalue weighted by atomic mass is 9.90. The Balaban J connectivity index is 2.78. The van der Waals surface area contributed by atoms with Crippen molar-refractivity contribution in [1.29, 1.82) is 0 Å². The van der Waals surface area contributed by atoms with Gasteiger partial charge < -0.3 is 9.47 Å². The lowest BCUT2D eigenvalue weighted by Crippen LogP contribution is -2.26. The molecule has 0 aromatic heterocycles. The number of benzene rings is 2. The minimum absolute atomic E-state index is 0.314. The molecule has 27 heavy (non-hydrogen) atoms. The largest absolute Gasteiger partial charge is 0.426 e. The lowest BCUT2D eigenvalue weighted by molar-refractivity contribution is -0.143. The number of hydrogen-bond acceptors (Lipinski definition) is 4. The molecule has 0 fully saturated rings. The average molecular weight is 368 g/mol. The smallest absolute Gasteiger partial charge is 0.316 e. The Bertz CT molecular complexity index is 902. The maximum Gasteiger partial charge on any atom is 0.316 e. The van der Waals surface area contributed by atoms with Gasteiger partial charge in [-0.25, -0.2) is 0 Å². The van der Waals surface area contributed by atoms with Crippen LogP contribution in [-0.2, 0) is 9.59 Å². The molecule has 0 aliphatic rings. The number of carbonyl (C=O) groups is 2. The lowest BCUT2D eigenvalue weighted by Gasteiger charge is -2.22. The summed E-state index contributed by atoms with van der Waals surface area (Å²) < 4.78 is 11.3. The highest BCUT2D eigenvalue weighted by Crippen LogP contribution is 2.43.